The van der Waals surface area contributed by atoms with E-state index in [1.165, 1.54) is 19.3 Å². The third-order valence-electron chi connectivity index (χ3n) is 4.94. The van der Waals surface area contributed by atoms with Crippen molar-refractivity contribution in [1.82, 2.24) is 10.3 Å². The normalized spacial score (nSPS) is 39.2. The maximum Gasteiger partial charge on any atom is 0.0871 e. The van der Waals surface area contributed by atoms with Crippen molar-refractivity contribution >= 4 is 0 Å². The lowest BCUT2D eigenvalue weighted by Gasteiger charge is -2.42. The summed E-state index contributed by atoms with van der Waals surface area (Å²) in [6.45, 7) is 11.0. The molecule has 0 aromatic heterocycles. The molecule has 0 radical (unpaired) electrons. The maximum absolute atomic E-state index is 6.00. The minimum atomic E-state index is 0.251. The van der Waals surface area contributed by atoms with Gasteiger partial charge in [-0.15, -0.1) is 0 Å². The van der Waals surface area contributed by atoms with Crippen molar-refractivity contribution < 1.29 is 4.74 Å². The number of hydrogen-bond acceptors (Lipinski definition) is 4. The van der Waals surface area contributed by atoms with E-state index in [1.807, 2.05) is 0 Å². The fraction of sp³-hybridized carbons (Fsp3) is 1.00. The summed E-state index contributed by atoms with van der Waals surface area (Å²) in [5.41, 5.74) is 3.08. The van der Waals surface area contributed by atoms with Crippen LogP contribution >= 0.6 is 0 Å². The van der Waals surface area contributed by atoms with Crippen molar-refractivity contribution in [1.29, 1.82) is 0 Å². The fourth-order valence-corrected chi connectivity index (χ4v) is 4.09. The van der Waals surface area contributed by atoms with E-state index in [0.717, 1.165) is 38.1 Å². The van der Waals surface area contributed by atoms with Crippen LogP contribution in [0.5, 0.6) is 0 Å². The smallest absolute Gasteiger partial charge is 0.0871 e. The van der Waals surface area contributed by atoms with E-state index < -0.39 is 0 Å². The molecular weight excluding hydrogens is 238 g/mol. The van der Waals surface area contributed by atoms with Gasteiger partial charge >= 0.3 is 0 Å². The first-order valence-electron chi connectivity index (χ1n) is 7.94. The molecule has 4 atom stereocenters. The summed E-state index contributed by atoms with van der Waals surface area (Å²) in [7, 11) is 0. The van der Waals surface area contributed by atoms with E-state index in [4.69, 9.17) is 10.6 Å². The number of hydrazine groups is 1. The molecule has 1 saturated heterocycles. The van der Waals surface area contributed by atoms with E-state index in [-0.39, 0.29) is 6.10 Å². The molecule has 0 aromatic carbocycles. The van der Waals surface area contributed by atoms with Gasteiger partial charge < -0.3 is 4.74 Å². The first-order chi connectivity index (χ1) is 9.13. The highest BCUT2D eigenvalue weighted by Crippen LogP contribution is 2.36. The van der Waals surface area contributed by atoms with E-state index in [1.54, 1.807) is 0 Å². The van der Waals surface area contributed by atoms with Gasteiger partial charge in [-0.05, 0) is 43.6 Å². The molecule has 2 fully saturated rings. The Morgan fingerprint density at radius 1 is 1.26 bits per heavy atom. The van der Waals surface area contributed by atoms with Crippen molar-refractivity contribution in [3.8, 4) is 0 Å². The Hall–Kier alpha value is -0.160. The number of ether oxygens (including phenoxy) is 1. The molecule has 1 aliphatic carbocycles. The summed E-state index contributed by atoms with van der Waals surface area (Å²) < 4.78 is 6.00. The van der Waals surface area contributed by atoms with Crippen LogP contribution in [0.1, 0.15) is 40.0 Å². The predicted octanol–water partition coefficient (Wildman–Crippen LogP) is 1.61. The minimum Gasteiger partial charge on any atom is -0.374 e. The molecule has 4 unspecified atom stereocenters. The van der Waals surface area contributed by atoms with Crippen LogP contribution in [0.2, 0.25) is 0 Å². The number of likely N-dealkylation sites (N-methyl/N-ethyl adjacent to an activating group) is 1. The summed E-state index contributed by atoms with van der Waals surface area (Å²) in [4.78, 5) is 2.47. The summed E-state index contributed by atoms with van der Waals surface area (Å²) in [5.74, 6) is 8.15. The van der Waals surface area contributed by atoms with Crippen LogP contribution in [0.4, 0.5) is 0 Å². The zero-order valence-electron chi connectivity index (χ0n) is 12.8. The van der Waals surface area contributed by atoms with Crippen molar-refractivity contribution in [3.05, 3.63) is 0 Å². The number of nitrogens with zero attached hydrogens (tertiary/aromatic N) is 1. The third kappa shape index (κ3) is 3.91. The van der Waals surface area contributed by atoms with Crippen LogP contribution in [0.15, 0.2) is 0 Å². The number of morpholine rings is 1. The van der Waals surface area contributed by atoms with Gasteiger partial charge in [-0.2, -0.15) is 0 Å². The molecule has 0 aromatic rings. The van der Waals surface area contributed by atoms with Crippen molar-refractivity contribution in [3.63, 3.8) is 0 Å². The maximum atomic E-state index is 6.00. The Kier molecular flexibility index (Phi) is 5.63. The Morgan fingerprint density at radius 3 is 2.53 bits per heavy atom. The molecule has 4 nitrogen and oxygen atoms in total. The second-order valence-corrected chi connectivity index (χ2v) is 6.67. The summed E-state index contributed by atoms with van der Waals surface area (Å²) in [5, 5.41) is 0. The molecule has 2 aliphatic rings. The molecular formula is C15H31N3O. The number of nitrogens with one attached hydrogen (secondary N) is 1. The lowest BCUT2D eigenvalue weighted by Crippen LogP contribution is -2.57. The van der Waals surface area contributed by atoms with E-state index >= 15 is 0 Å². The standard InChI is InChI=1S/C15H31N3O/c1-4-18-5-6-19-14(10-18)15(17-16)13-8-11(2)7-12(3)9-13/h11-15,17H,4-10,16H2,1-3H3. The Balaban J connectivity index is 1.98. The molecule has 1 aliphatic heterocycles. The zero-order valence-corrected chi connectivity index (χ0v) is 12.8. The Morgan fingerprint density at radius 2 is 1.95 bits per heavy atom. The average molecular weight is 269 g/mol. The van der Waals surface area contributed by atoms with E-state index in [9.17, 15) is 0 Å². The van der Waals surface area contributed by atoms with Crippen LogP contribution in [0.25, 0.3) is 0 Å². The fourth-order valence-electron chi connectivity index (χ4n) is 4.09. The third-order valence-corrected chi connectivity index (χ3v) is 4.94. The Labute approximate surface area is 118 Å². The van der Waals surface area contributed by atoms with Gasteiger partial charge in [-0.3, -0.25) is 16.2 Å². The number of nitrogens with two attached hydrogens (primary N) is 1. The summed E-state index contributed by atoms with van der Waals surface area (Å²) in [6.07, 6.45) is 4.18. The second-order valence-electron chi connectivity index (χ2n) is 6.67. The van der Waals surface area contributed by atoms with Gasteiger partial charge in [0.15, 0.2) is 0 Å². The summed E-state index contributed by atoms with van der Waals surface area (Å²) >= 11 is 0. The molecule has 4 heteroatoms. The molecule has 1 saturated carbocycles. The van der Waals surface area contributed by atoms with E-state index in [2.05, 4.69) is 31.1 Å². The van der Waals surface area contributed by atoms with Crippen molar-refractivity contribution in [2.24, 2.45) is 23.6 Å². The van der Waals surface area contributed by atoms with Crippen LogP contribution in [0.3, 0.4) is 0 Å². The monoisotopic (exact) mass is 269 g/mol. The number of rotatable bonds is 4. The zero-order chi connectivity index (χ0) is 13.8. The second kappa shape index (κ2) is 7.02. The number of hydrogen-bond donors (Lipinski definition) is 2. The summed E-state index contributed by atoms with van der Waals surface area (Å²) in [6, 6.07) is 0.305. The van der Waals surface area contributed by atoms with Crippen LogP contribution in [-0.4, -0.2) is 43.3 Å². The SMILES string of the molecule is CCN1CCOC(C(NN)C2CC(C)CC(C)C2)C1. The average Bonchev–Trinajstić information content (AvgIpc) is 2.39. The van der Waals surface area contributed by atoms with Crippen LogP contribution in [-0.2, 0) is 4.74 Å². The molecule has 0 spiro atoms. The van der Waals surface area contributed by atoms with Gasteiger partial charge in [0.05, 0.1) is 18.8 Å². The first-order valence-corrected chi connectivity index (χ1v) is 7.94. The van der Waals surface area contributed by atoms with Gasteiger partial charge in [-0.1, -0.05) is 20.8 Å². The molecule has 3 N–H and O–H groups in total. The van der Waals surface area contributed by atoms with Gasteiger partial charge in [0.1, 0.15) is 0 Å². The van der Waals surface area contributed by atoms with Crippen molar-refractivity contribution in [2.75, 3.05) is 26.2 Å². The highest BCUT2D eigenvalue weighted by atomic mass is 16.5. The molecule has 0 amide bonds. The first kappa shape index (κ1) is 15.2. The highest BCUT2D eigenvalue weighted by molar-refractivity contribution is 4.90. The largest absolute Gasteiger partial charge is 0.374 e. The molecule has 112 valence electrons. The molecule has 1 heterocycles. The highest BCUT2D eigenvalue weighted by Gasteiger charge is 2.36. The minimum absolute atomic E-state index is 0.251. The molecule has 2 rings (SSSR count). The topological polar surface area (TPSA) is 50.5 Å². The quantitative estimate of drug-likeness (QED) is 0.601. The predicted molar refractivity (Wildman–Crippen MR) is 78.6 cm³/mol. The lowest BCUT2D eigenvalue weighted by atomic mass is 9.72. The Bertz CT molecular complexity index is 264. The molecule has 19 heavy (non-hydrogen) atoms. The van der Waals surface area contributed by atoms with Gasteiger partial charge in [-0.25, -0.2) is 0 Å². The van der Waals surface area contributed by atoms with Crippen LogP contribution < -0.4 is 11.3 Å². The van der Waals surface area contributed by atoms with Gasteiger partial charge in [0.25, 0.3) is 0 Å². The van der Waals surface area contributed by atoms with Crippen molar-refractivity contribution in [2.45, 2.75) is 52.2 Å². The van der Waals surface area contributed by atoms with Crippen LogP contribution in [0, 0.1) is 17.8 Å². The van der Waals surface area contributed by atoms with E-state index in [0.29, 0.717) is 12.0 Å². The van der Waals surface area contributed by atoms with Gasteiger partial charge in [0, 0.05) is 13.1 Å². The molecule has 0 bridgehead atoms. The lowest BCUT2D eigenvalue weighted by molar-refractivity contribution is -0.0615. The van der Waals surface area contributed by atoms with Gasteiger partial charge in [0.2, 0.25) is 0 Å².